The van der Waals surface area contributed by atoms with Gasteiger partial charge in [-0.15, -0.1) is 0 Å². The molecule has 1 rings (SSSR count). The summed E-state index contributed by atoms with van der Waals surface area (Å²) in [5.41, 5.74) is -0.104. The van der Waals surface area contributed by atoms with Gasteiger partial charge in [-0.3, -0.25) is 0 Å². The van der Waals surface area contributed by atoms with Crippen LogP contribution in [0.4, 0.5) is 0 Å². The Morgan fingerprint density at radius 1 is 0.941 bits per heavy atom. The average molecular weight is 242 g/mol. The second-order valence-electron chi connectivity index (χ2n) is 3.03. The van der Waals surface area contributed by atoms with Gasteiger partial charge in [0.05, 0.1) is 28.4 Å². The highest BCUT2D eigenvalue weighted by molar-refractivity contribution is 5.96. The molecule has 0 spiro atoms. The molecule has 1 N–H and O–H groups in total. The highest BCUT2D eigenvalue weighted by Gasteiger charge is 2.25. The normalized spacial score (nSPS) is 9.65. The van der Waals surface area contributed by atoms with E-state index in [1.165, 1.54) is 34.5 Å². The third-order valence-corrected chi connectivity index (χ3v) is 2.23. The van der Waals surface area contributed by atoms with Gasteiger partial charge < -0.3 is 24.1 Å². The van der Waals surface area contributed by atoms with Crippen LogP contribution in [-0.2, 0) is 0 Å². The number of carbonyl (C=O) groups is 1. The predicted molar refractivity (Wildman–Crippen MR) is 59.6 cm³/mol. The summed E-state index contributed by atoms with van der Waals surface area (Å²) in [5, 5.41) is 9.14. The number of carboxylic acids is 1. The third-order valence-electron chi connectivity index (χ3n) is 2.23. The molecule has 1 aromatic carbocycles. The Hall–Kier alpha value is -2.11. The zero-order valence-electron chi connectivity index (χ0n) is 10.1. The van der Waals surface area contributed by atoms with E-state index in [0.29, 0.717) is 5.75 Å². The molecule has 0 aromatic heterocycles. The molecule has 1 aromatic rings. The SMILES string of the molecule is COc1cc(OC)c(C(=O)O)c(OC)c1OC. The van der Waals surface area contributed by atoms with Crippen molar-refractivity contribution < 1.29 is 28.8 Å². The van der Waals surface area contributed by atoms with Gasteiger partial charge in [0.25, 0.3) is 0 Å². The van der Waals surface area contributed by atoms with Gasteiger partial charge >= 0.3 is 5.97 Å². The fraction of sp³-hybridized carbons (Fsp3) is 0.364. The molecule has 17 heavy (non-hydrogen) atoms. The van der Waals surface area contributed by atoms with Crippen LogP contribution in [0, 0.1) is 0 Å². The summed E-state index contributed by atoms with van der Waals surface area (Å²) in [6, 6.07) is 1.44. The number of ether oxygens (including phenoxy) is 4. The maximum absolute atomic E-state index is 11.2. The van der Waals surface area contributed by atoms with Gasteiger partial charge in [-0.25, -0.2) is 4.79 Å². The second-order valence-corrected chi connectivity index (χ2v) is 3.03. The lowest BCUT2D eigenvalue weighted by atomic mass is 10.1. The predicted octanol–water partition coefficient (Wildman–Crippen LogP) is 1.42. The summed E-state index contributed by atoms with van der Waals surface area (Å²) < 4.78 is 20.2. The third kappa shape index (κ3) is 2.20. The second kappa shape index (κ2) is 5.29. The summed E-state index contributed by atoms with van der Waals surface area (Å²) >= 11 is 0. The minimum atomic E-state index is -1.17. The highest BCUT2D eigenvalue weighted by Crippen LogP contribution is 2.44. The number of hydrogen-bond donors (Lipinski definition) is 1. The van der Waals surface area contributed by atoms with E-state index in [1.54, 1.807) is 0 Å². The topological polar surface area (TPSA) is 74.2 Å². The van der Waals surface area contributed by atoms with Crippen LogP contribution in [-0.4, -0.2) is 39.5 Å². The number of aromatic carboxylic acids is 1. The maximum Gasteiger partial charge on any atom is 0.343 e. The number of hydrogen-bond acceptors (Lipinski definition) is 5. The Labute approximate surface area is 98.7 Å². The molecule has 0 amide bonds. The van der Waals surface area contributed by atoms with Crippen molar-refractivity contribution in [1.82, 2.24) is 0 Å². The van der Waals surface area contributed by atoms with Gasteiger partial charge in [0.1, 0.15) is 11.3 Å². The van der Waals surface area contributed by atoms with Crippen LogP contribution in [0.1, 0.15) is 10.4 Å². The van der Waals surface area contributed by atoms with Gasteiger partial charge in [0, 0.05) is 6.07 Å². The molecule has 0 heterocycles. The lowest BCUT2D eigenvalue weighted by Crippen LogP contribution is -2.06. The minimum absolute atomic E-state index is 0.0659. The van der Waals surface area contributed by atoms with Gasteiger partial charge in [-0.05, 0) is 0 Å². The molecule has 0 saturated heterocycles. The first kappa shape index (κ1) is 13.0. The summed E-state index contributed by atoms with van der Waals surface area (Å²) in [4.78, 5) is 11.2. The molecule has 0 aliphatic rings. The van der Waals surface area contributed by atoms with E-state index in [9.17, 15) is 4.79 Å². The van der Waals surface area contributed by atoms with Crippen molar-refractivity contribution in [2.75, 3.05) is 28.4 Å². The quantitative estimate of drug-likeness (QED) is 0.841. The molecule has 6 heteroatoms. The Kier molecular flexibility index (Phi) is 4.03. The van der Waals surface area contributed by atoms with Gasteiger partial charge in [-0.1, -0.05) is 0 Å². The van der Waals surface area contributed by atoms with Crippen molar-refractivity contribution in [3.05, 3.63) is 11.6 Å². The molecule has 0 radical (unpaired) electrons. The Morgan fingerprint density at radius 3 is 1.82 bits per heavy atom. The molecular weight excluding hydrogens is 228 g/mol. The molecule has 0 bridgehead atoms. The first-order valence-corrected chi connectivity index (χ1v) is 4.70. The average Bonchev–Trinajstić information content (AvgIpc) is 2.35. The van der Waals surface area contributed by atoms with E-state index < -0.39 is 5.97 Å². The van der Waals surface area contributed by atoms with Gasteiger partial charge in [0.15, 0.2) is 11.5 Å². The molecule has 94 valence electrons. The van der Waals surface area contributed by atoms with Crippen molar-refractivity contribution in [3.63, 3.8) is 0 Å². The van der Waals surface area contributed by atoms with Crippen LogP contribution in [0.5, 0.6) is 23.0 Å². The summed E-state index contributed by atoms with van der Waals surface area (Å²) in [6.45, 7) is 0. The largest absolute Gasteiger partial charge is 0.496 e. The molecule has 0 unspecified atom stereocenters. The van der Waals surface area contributed by atoms with Crippen molar-refractivity contribution in [3.8, 4) is 23.0 Å². The van der Waals surface area contributed by atoms with E-state index in [0.717, 1.165) is 0 Å². The smallest absolute Gasteiger partial charge is 0.343 e. The van der Waals surface area contributed by atoms with E-state index in [-0.39, 0.29) is 22.8 Å². The molecule has 0 saturated carbocycles. The Balaban J connectivity index is 3.61. The van der Waals surface area contributed by atoms with Crippen LogP contribution in [0.15, 0.2) is 6.07 Å². The molecular formula is C11H14O6. The number of rotatable bonds is 5. The van der Waals surface area contributed by atoms with Crippen LogP contribution in [0.3, 0.4) is 0 Å². The zero-order valence-corrected chi connectivity index (χ0v) is 10.1. The van der Waals surface area contributed by atoms with Crippen molar-refractivity contribution >= 4 is 5.97 Å². The zero-order chi connectivity index (χ0) is 13.0. The van der Waals surface area contributed by atoms with Crippen LogP contribution in [0.25, 0.3) is 0 Å². The summed E-state index contributed by atoms with van der Waals surface area (Å²) in [7, 11) is 5.56. The molecule has 0 fully saturated rings. The fourth-order valence-corrected chi connectivity index (χ4v) is 1.50. The highest BCUT2D eigenvalue weighted by atomic mass is 16.5. The van der Waals surface area contributed by atoms with Crippen LogP contribution in [0.2, 0.25) is 0 Å². The van der Waals surface area contributed by atoms with E-state index >= 15 is 0 Å². The van der Waals surface area contributed by atoms with Crippen molar-refractivity contribution in [2.24, 2.45) is 0 Å². The van der Waals surface area contributed by atoms with Crippen molar-refractivity contribution in [2.45, 2.75) is 0 Å². The van der Waals surface area contributed by atoms with Crippen LogP contribution < -0.4 is 18.9 Å². The summed E-state index contributed by atoms with van der Waals surface area (Å²) in [6.07, 6.45) is 0. The van der Waals surface area contributed by atoms with Crippen LogP contribution >= 0.6 is 0 Å². The van der Waals surface area contributed by atoms with Gasteiger partial charge in [-0.2, -0.15) is 0 Å². The molecule has 0 aliphatic carbocycles. The molecule has 0 aliphatic heterocycles. The number of benzene rings is 1. The van der Waals surface area contributed by atoms with Crippen molar-refractivity contribution in [1.29, 1.82) is 0 Å². The minimum Gasteiger partial charge on any atom is -0.496 e. The standard InChI is InChI=1S/C11H14O6/c1-14-6-5-7(15-2)9(16-3)10(17-4)8(6)11(12)13/h5H,1-4H3,(H,12,13). The number of carboxylic acid groups (broad SMARTS) is 1. The summed E-state index contributed by atoms with van der Waals surface area (Å²) in [5.74, 6) is -0.401. The van der Waals surface area contributed by atoms with E-state index in [1.807, 2.05) is 0 Å². The Bertz CT molecular complexity index is 426. The monoisotopic (exact) mass is 242 g/mol. The molecule has 6 nitrogen and oxygen atoms in total. The Morgan fingerprint density at radius 2 is 1.47 bits per heavy atom. The first-order valence-electron chi connectivity index (χ1n) is 4.70. The maximum atomic E-state index is 11.2. The first-order chi connectivity index (χ1) is 8.10. The lowest BCUT2D eigenvalue weighted by molar-refractivity contribution is 0.0688. The lowest BCUT2D eigenvalue weighted by Gasteiger charge is -2.16. The molecule has 0 atom stereocenters. The fourth-order valence-electron chi connectivity index (χ4n) is 1.50. The van der Waals surface area contributed by atoms with E-state index in [4.69, 9.17) is 24.1 Å². The van der Waals surface area contributed by atoms with Gasteiger partial charge in [0.2, 0.25) is 5.75 Å². The number of methoxy groups -OCH3 is 4. The van der Waals surface area contributed by atoms with E-state index in [2.05, 4.69) is 0 Å².